The van der Waals surface area contributed by atoms with Crippen LogP contribution in [0.4, 0.5) is 0 Å². The Morgan fingerprint density at radius 1 is 1.11 bits per heavy atom. The fraction of sp³-hybridized carbons (Fsp3) is 0.941. The second kappa shape index (κ2) is 6.39. The Morgan fingerprint density at radius 2 is 1.74 bits per heavy atom. The van der Waals surface area contributed by atoms with Gasteiger partial charge in [0, 0.05) is 23.4 Å². The number of piperidine rings is 1. The maximum atomic E-state index is 12.0. The van der Waals surface area contributed by atoms with E-state index in [2.05, 4.69) is 25.7 Å². The van der Waals surface area contributed by atoms with Gasteiger partial charge in [0.05, 0.1) is 0 Å². The Kier molecular flexibility index (Phi) is 5.61. The topological polar surface area (TPSA) is 20.3 Å². The Morgan fingerprint density at radius 3 is 2.26 bits per heavy atom. The molecular formula is C17H33NO. The third-order valence-corrected chi connectivity index (χ3v) is 4.27. The third-order valence-electron chi connectivity index (χ3n) is 4.27. The van der Waals surface area contributed by atoms with Crippen molar-refractivity contribution in [3.63, 3.8) is 0 Å². The lowest BCUT2D eigenvalue weighted by atomic mass is 9.86. The van der Waals surface area contributed by atoms with Crippen LogP contribution in [0.15, 0.2) is 0 Å². The number of hydrogen-bond acceptors (Lipinski definition) is 2. The summed E-state index contributed by atoms with van der Waals surface area (Å²) in [7, 11) is 0. The number of ketones is 1. The summed E-state index contributed by atoms with van der Waals surface area (Å²) in [5.74, 6) is 0.408. The number of nitrogens with zero attached hydrogens (tertiary/aromatic N) is 1. The van der Waals surface area contributed by atoms with E-state index in [4.69, 9.17) is 0 Å². The second-order valence-electron chi connectivity index (χ2n) is 8.08. The molecule has 1 aliphatic rings. The van der Waals surface area contributed by atoms with E-state index in [1.807, 2.05) is 20.8 Å². The van der Waals surface area contributed by atoms with Crippen molar-refractivity contribution in [3.05, 3.63) is 0 Å². The molecule has 1 atom stereocenters. The van der Waals surface area contributed by atoms with E-state index in [0.717, 1.165) is 12.8 Å². The zero-order valence-electron chi connectivity index (χ0n) is 13.9. The third kappa shape index (κ3) is 5.25. The zero-order chi connectivity index (χ0) is 14.7. The van der Waals surface area contributed by atoms with Crippen LogP contribution < -0.4 is 0 Å². The Labute approximate surface area is 119 Å². The van der Waals surface area contributed by atoms with E-state index in [9.17, 15) is 4.79 Å². The summed E-state index contributed by atoms with van der Waals surface area (Å²) in [6.45, 7) is 14.2. The lowest BCUT2D eigenvalue weighted by Gasteiger charge is -2.45. The van der Waals surface area contributed by atoms with Crippen LogP contribution in [0.5, 0.6) is 0 Å². The zero-order valence-corrected chi connectivity index (χ0v) is 13.9. The van der Waals surface area contributed by atoms with Gasteiger partial charge in [0.1, 0.15) is 5.78 Å². The molecule has 0 aromatic carbocycles. The molecule has 1 heterocycles. The molecule has 0 aliphatic carbocycles. The maximum absolute atomic E-state index is 12.0. The first-order chi connectivity index (χ1) is 8.62. The molecule has 0 spiro atoms. The monoisotopic (exact) mass is 267 g/mol. The summed E-state index contributed by atoms with van der Waals surface area (Å²) < 4.78 is 0. The van der Waals surface area contributed by atoms with Crippen LogP contribution >= 0.6 is 0 Å². The van der Waals surface area contributed by atoms with E-state index in [0.29, 0.717) is 11.8 Å². The average Bonchev–Trinajstić information content (AvgIpc) is 2.27. The molecule has 0 bridgehead atoms. The minimum atomic E-state index is -0.170. The summed E-state index contributed by atoms with van der Waals surface area (Å²) in [5, 5.41) is 0. The number of Topliss-reactive ketones (excluding diaryl/α,β-unsaturated/α-hetero) is 1. The molecule has 0 amide bonds. The number of hydrogen-bond donors (Lipinski definition) is 0. The summed E-state index contributed by atoms with van der Waals surface area (Å²) in [6, 6.07) is 0.682. The molecule has 2 heteroatoms. The standard InChI is InChI=1S/C17H33NO/c1-16(2,3)15(19)12-9-11-14-10-7-8-13-18(14)17(4,5)6/h14H,7-13H2,1-6H3. The summed E-state index contributed by atoms with van der Waals surface area (Å²) in [4.78, 5) is 14.6. The number of carbonyl (C=O) groups excluding carboxylic acids is 1. The van der Waals surface area contributed by atoms with Crippen molar-refractivity contribution in [2.45, 2.75) is 91.6 Å². The van der Waals surface area contributed by atoms with Crippen molar-refractivity contribution < 1.29 is 4.79 Å². The normalized spacial score (nSPS) is 22.5. The van der Waals surface area contributed by atoms with E-state index >= 15 is 0 Å². The van der Waals surface area contributed by atoms with Gasteiger partial charge in [-0.3, -0.25) is 9.69 Å². The van der Waals surface area contributed by atoms with Crippen molar-refractivity contribution in [2.24, 2.45) is 5.41 Å². The highest BCUT2D eigenvalue weighted by molar-refractivity contribution is 5.83. The number of rotatable bonds is 4. The Balaban J connectivity index is 2.44. The second-order valence-corrected chi connectivity index (χ2v) is 8.08. The molecule has 1 unspecified atom stereocenters. The largest absolute Gasteiger partial charge is 0.299 e. The molecular weight excluding hydrogens is 234 g/mol. The highest BCUT2D eigenvalue weighted by atomic mass is 16.1. The first kappa shape index (κ1) is 16.7. The van der Waals surface area contributed by atoms with Gasteiger partial charge in [-0.25, -0.2) is 0 Å². The van der Waals surface area contributed by atoms with Crippen molar-refractivity contribution >= 4 is 5.78 Å². The minimum absolute atomic E-state index is 0.170. The first-order valence-corrected chi connectivity index (χ1v) is 7.92. The molecule has 19 heavy (non-hydrogen) atoms. The van der Waals surface area contributed by atoms with Crippen LogP contribution in [0.1, 0.15) is 80.1 Å². The van der Waals surface area contributed by atoms with Gasteiger partial charge < -0.3 is 0 Å². The molecule has 1 fully saturated rings. The van der Waals surface area contributed by atoms with E-state index in [-0.39, 0.29) is 11.0 Å². The van der Waals surface area contributed by atoms with Crippen molar-refractivity contribution in [1.29, 1.82) is 0 Å². The molecule has 1 aliphatic heterocycles. The van der Waals surface area contributed by atoms with Gasteiger partial charge >= 0.3 is 0 Å². The number of likely N-dealkylation sites (tertiary alicyclic amines) is 1. The van der Waals surface area contributed by atoms with E-state index < -0.39 is 0 Å². The van der Waals surface area contributed by atoms with Gasteiger partial charge in [-0.2, -0.15) is 0 Å². The Hall–Kier alpha value is -0.370. The summed E-state index contributed by atoms with van der Waals surface area (Å²) >= 11 is 0. The molecule has 1 rings (SSSR count). The van der Waals surface area contributed by atoms with Crippen LogP contribution in [-0.2, 0) is 4.79 Å². The Bertz CT molecular complexity index is 295. The molecule has 112 valence electrons. The SMILES string of the molecule is CC(C)(C)C(=O)CCCC1CCCCN1C(C)(C)C. The first-order valence-electron chi connectivity index (χ1n) is 7.92. The minimum Gasteiger partial charge on any atom is -0.299 e. The van der Waals surface area contributed by atoms with Gasteiger partial charge in [0.2, 0.25) is 0 Å². The van der Waals surface area contributed by atoms with Crippen LogP contribution in [0.25, 0.3) is 0 Å². The van der Waals surface area contributed by atoms with Crippen LogP contribution in [0.2, 0.25) is 0 Å². The molecule has 0 aromatic heterocycles. The van der Waals surface area contributed by atoms with Gasteiger partial charge in [-0.1, -0.05) is 27.2 Å². The summed E-state index contributed by atoms with van der Waals surface area (Å²) in [5.41, 5.74) is 0.0927. The quantitative estimate of drug-likeness (QED) is 0.751. The van der Waals surface area contributed by atoms with Gasteiger partial charge in [-0.05, 0) is 53.0 Å². The molecule has 2 nitrogen and oxygen atoms in total. The smallest absolute Gasteiger partial charge is 0.138 e. The lowest BCUT2D eigenvalue weighted by Crippen LogP contribution is -2.50. The molecule has 0 aromatic rings. The van der Waals surface area contributed by atoms with Crippen molar-refractivity contribution in [1.82, 2.24) is 4.90 Å². The average molecular weight is 267 g/mol. The summed E-state index contributed by atoms with van der Waals surface area (Å²) in [6.07, 6.45) is 6.96. The predicted octanol–water partition coefficient (Wildman–Crippen LogP) is 4.42. The number of carbonyl (C=O) groups is 1. The predicted molar refractivity (Wildman–Crippen MR) is 82.4 cm³/mol. The highest BCUT2D eigenvalue weighted by Crippen LogP contribution is 2.29. The van der Waals surface area contributed by atoms with Crippen molar-refractivity contribution in [2.75, 3.05) is 6.54 Å². The fourth-order valence-corrected chi connectivity index (χ4v) is 3.06. The van der Waals surface area contributed by atoms with Crippen LogP contribution in [0, 0.1) is 5.41 Å². The van der Waals surface area contributed by atoms with E-state index in [1.54, 1.807) is 0 Å². The van der Waals surface area contributed by atoms with Gasteiger partial charge in [0.25, 0.3) is 0 Å². The van der Waals surface area contributed by atoms with Gasteiger partial charge in [-0.15, -0.1) is 0 Å². The maximum Gasteiger partial charge on any atom is 0.138 e. The van der Waals surface area contributed by atoms with E-state index in [1.165, 1.54) is 32.2 Å². The lowest BCUT2D eigenvalue weighted by molar-refractivity contribution is -0.126. The molecule has 0 N–H and O–H groups in total. The van der Waals surface area contributed by atoms with Gasteiger partial charge in [0.15, 0.2) is 0 Å². The molecule has 1 saturated heterocycles. The van der Waals surface area contributed by atoms with Crippen molar-refractivity contribution in [3.8, 4) is 0 Å². The molecule has 0 saturated carbocycles. The highest BCUT2D eigenvalue weighted by Gasteiger charge is 2.31. The van der Waals surface area contributed by atoms with Crippen LogP contribution in [-0.4, -0.2) is 28.8 Å². The molecule has 0 radical (unpaired) electrons. The van der Waals surface area contributed by atoms with Crippen LogP contribution in [0.3, 0.4) is 0 Å². The fourth-order valence-electron chi connectivity index (χ4n) is 3.06.